The first-order valence-corrected chi connectivity index (χ1v) is 8.07. The summed E-state index contributed by atoms with van der Waals surface area (Å²) < 4.78 is 12.2. The second kappa shape index (κ2) is 7.98. The molecule has 0 spiro atoms. The zero-order chi connectivity index (χ0) is 18.6. The topological polar surface area (TPSA) is 115 Å². The molecule has 2 aromatic heterocycles. The van der Waals surface area contributed by atoms with Crippen molar-refractivity contribution in [2.24, 2.45) is 0 Å². The Bertz CT molecular complexity index is 808. The van der Waals surface area contributed by atoms with Gasteiger partial charge < -0.3 is 19.4 Å². The predicted octanol–water partition coefficient (Wildman–Crippen LogP) is 1.45. The maximum Gasteiger partial charge on any atom is 0.306 e. The van der Waals surface area contributed by atoms with E-state index in [4.69, 9.17) is 9.15 Å². The first-order chi connectivity index (χ1) is 11.9. The Labute approximate surface area is 144 Å². The van der Waals surface area contributed by atoms with E-state index in [0.29, 0.717) is 12.1 Å². The summed E-state index contributed by atoms with van der Waals surface area (Å²) in [5.41, 5.74) is 0.747. The number of carbonyl (C=O) groups excluding carboxylic acids is 1. The van der Waals surface area contributed by atoms with Gasteiger partial charge >= 0.3 is 5.97 Å². The van der Waals surface area contributed by atoms with Crippen LogP contribution >= 0.6 is 0 Å². The molecule has 2 rings (SSSR count). The van der Waals surface area contributed by atoms with Gasteiger partial charge in [-0.05, 0) is 20.8 Å². The van der Waals surface area contributed by atoms with Crippen LogP contribution in [0, 0.1) is 6.92 Å². The third-order valence-electron chi connectivity index (χ3n) is 3.96. The van der Waals surface area contributed by atoms with Gasteiger partial charge in [0, 0.05) is 23.9 Å². The van der Waals surface area contributed by atoms with E-state index < -0.39 is 29.7 Å². The lowest BCUT2D eigenvalue weighted by molar-refractivity contribution is -0.143. The molecule has 0 aliphatic heterocycles. The number of aryl methyl sites for hydroxylation is 1. The second-order valence-corrected chi connectivity index (χ2v) is 5.51. The Hall–Kier alpha value is -2.61. The molecule has 0 saturated carbocycles. The third-order valence-corrected chi connectivity index (χ3v) is 3.96. The molecule has 1 atom stereocenters. The van der Waals surface area contributed by atoms with Crippen molar-refractivity contribution in [1.29, 1.82) is 0 Å². The monoisotopic (exact) mass is 350 g/mol. The molecule has 136 valence electrons. The molecule has 0 aliphatic carbocycles. The van der Waals surface area contributed by atoms with Crippen molar-refractivity contribution in [2.45, 2.75) is 46.3 Å². The molecular weight excluding hydrogens is 328 g/mol. The second-order valence-electron chi connectivity index (χ2n) is 5.51. The number of hydrogen-bond donors (Lipinski definition) is 2. The molecule has 0 saturated heterocycles. The van der Waals surface area contributed by atoms with E-state index in [1.807, 2.05) is 13.8 Å². The summed E-state index contributed by atoms with van der Waals surface area (Å²) in [5.74, 6) is -1.91. The number of carbonyl (C=O) groups is 1. The number of aromatic hydroxyl groups is 1. The van der Waals surface area contributed by atoms with Crippen molar-refractivity contribution in [3.8, 4) is 5.75 Å². The van der Waals surface area contributed by atoms with Gasteiger partial charge in [0.1, 0.15) is 12.4 Å². The summed E-state index contributed by atoms with van der Waals surface area (Å²) in [4.78, 5) is 24.0. The third kappa shape index (κ3) is 3.90. The number of aromatic nitrogens is 2. The minimum absolute atomic E-state index is 0.00666. The molecular formula is C17H22N2O6. The van der Waals surface area contributed by atoms with Gasteiger partial charge in [0.05, 0.1) is 25.1 Å². The molecule has 8 nitrogen and oxygen atoms in total. The van der Waals surface area contributed by atoms with Crippen LogP contribution in [0.15, 0.2) is 21.5 Å². The minimum atomic E-state index is -0.751. The fraction of sp³-hybridized carbons (Fsp3) is 0.471. The molecule has 0 amide bonds. The van der Waals surface area contributed by atoms with E-state index in [1.165, 1.54) is 0 Å². The number of esters is 1. The van der Waals surface area contributed by atoms with Crippen molar-refractivity contribution in [2.75, 3.05) is 6.61 Å². The smallest absolute Gasteiger partial charge is 0.306 e. The fourth-order valence-electron chi connectivity index (χ4n) is 2.72. The Morgan fingerprint density at radius 2 is 2.16 bits per heavy atom. The van der Waals surface area contributed by atoms with Gasteiger partial charge in [-0.1, -0.05) is 0 Å². The molecule has 2 heterocycles. The van der Waals surface area contributed by atoms with Crippen LogP contribution < -0.4 is 5.43 Å². The van der Waals surface area contributed by atoms with Gasteiger partial charge in [-0.2, -0.15) is 5.10 Å². The summed E-state index contributed by atoms with van der Waals surface area (Å²) in [6.45, 7) is 5.79. The molecule has 25 heavy (non-hydrogen) atoms. The van der Waals surface area contributed by atoms with Gasteiger partial charge in [0.15, 0.2) is 5.76 Å². The normalized spacial score (nSPS) is 12.2. The lowest BCUT2D eigenvalue weighted by Gasteiger charge is -2.17. The fourth-order valence-corrected chi connectivity index (χ4v) is 2.72. The number of ether oxygens (including phenoxy) is 1. The highest BCUT2D eigenvalue weighted by Gasteiger charge is 2.29. The van der Waals surface area contributed by atoms with Crippen molar-refractivity contribution in [1.82, 2.24) is 9.78 Å². The maximum absolute atomic E-state index is 12.0. The van der Waals surface area contributed by atoms with Gasteiger partial charge in [0.25, 0.3) is 0 Å². The predicted molar refractivity (Wildman–Crippen MR) is 88.3 cm³/mol. The number of hydrogen-bond acceptors (Lipinski definition) is 7. The van der Waals surface area contributed by atoms with E-state index in [-0.39, 0.29) is 24.5 Å². The van der Waals surface area contributed by atoms with Crippen molar-refractivity contribution < 1.29 is 24.2 Å². The van der Waals surface area contributed by atoms with Crippen LogP contribution in [-0.2, 0) is 22.7 Å². The Morgan fingerprint density at radius 3 is 2.72 bits per heavy atom. The minimum Gasteiger partial charge on any atom is -0.502 e. The molecule has 0 radical (unpaired) electrons. The molecule has 0 aromatic carbocycles. The van der Waals surface area contributed by atoms with Crippen LogP contribution in [0.2, 0.25) is 0 Å². The number of aliphatic hydroxyl groups excluding tert-OH is 1. The van der Waals surface area contributed by atoms with Crippen LogP contribution in [0.1, 0.15) is 49.0 Å². The quantitative estimate of drug-likeness (QED) is 0.726. The lowest BCUT2D eigenvalue weighted by Crippen LogP contribution is -2.15. The van der Waals surface area contributed by atoms with E-state index in [9.17, 15) is 19.8 Å². The number of aliphatic hydroxyl groups is 1. The summed E-state index contributed by atoms with van der Waals surface area (Å²) in [7, 11) is 0. The van der Waals surface area contributed by atoms with Crippen molar-refractivity contribution >= 4 is 5.97 Å². The largest absolute Gasteiger partial charge is 0.502 e. The molecule has 2 aromatic rings. The first-order valence-electron chi connectivity index (χ1n) is 8.07. The summed E-state index contributed by atoms with van der Waals surface area (Å²) >= 11 is 0. The maximum atomic E-state index is 12.0. The summed E-state index contributed by atoms with van der Waals surface area (Å²) in [5, 5.41) is 23.7. The van der Waals surface area contributed by atoms with Crippen molar-refractivity contribution in [3.05, 3.63) is 45.3 Å². The molecule has 0 bridgehead atoms. The highest BCUT2D eigenvalue weighted by Crippen LogP contribution is 2.34. The van der Waals surface area contributed by atoms with Crippen molar-refractivity contribution in [3.63, 3.8) is 0 Å². The lowest BCUT2D eigenvalue weighted by atomic mass is 9.92. The van der Waals surface area contributed by atoms with E-state index >= 15 is 0 Å². The van der Waals surface area contributed by atoms with Crippen LogP contribution in [0.4, 0.5) is 0 Å². The molecule has 0 unspecified atom stereocenters. The molecule has 0 fully saturated rings. The van der Waals surface area contributed by atoms with E-state index in [0.717, 1.165) is 11.8 Å². The van der Waals surface area contributed by atoms with Gasteiger partial charge in [-0.3, -0.25) is 14.3 Å². The zero-order valence-corrected chi connectivity index (χ0v) is 14.5. The number of rotatable bonds is 7. The van der Waals surface area contributed by atoms with E-state index in [2.05, 4.69) is 5.10 Å². The van der Waals surface area contributed by atoms with Crippen LogP contribution in [0.25, 0.3) is 0 Å². The highest BCUT2D eigenvalue weighted by molar-refractivity contribution is 5.71. The van der Waals surface area contributed by atoms with Crippen LogP contribution in [-0.4, -0.2) is 32.6 Å². The van der Waals surface area contributed by atoms with Gasteiger partial charge in [0.2, 0.25) is 11.2 Å². The number of nitrogens with zero attached hydrogens (tertiary/aromatic N) is 2. The summed E-state index contributed by atoms with van der Waals surface area (Å²) in [6.07, 6.45) is 1.45. The van der Waals surface area contributed by atoms with E-state index in [1.54, 1.807) is 17.8 Å². The molecule has 8 heteroatoms. The average molecular weight is 350 g/mol. The Kier molecular flexibility index (Phi) is 5.97. The Balaban J connectivity index is 2.59. The standard InChI is InChI=1S/C17H22N2O6/c1-4-19-10(3)13(8-18-19)12(7-15(22)24-5-2)17-16(23)14(21)6-11(9-20)25-17/h6,8,12,20,23H,4-5,7,9H2,1-3H3/t12-/m1/s1. The van der Waals surface area contributed by atoms with Gasteiger partial charge in [-0.15, -0.1) is 0 Å². The molecule has 2 N–H and O–H groups in total. The molecule has 0 aliphatic rings. The SMILES string of the molecule is CCOC(=O)C[C@H](c1cnn(CC)c1C)c1oc(CO)cc(=O)c1O. The van der Waals surface area contributed by atoms with Crippen LogP contribution in [0.5, 0.6) is 5.75 Å². The van der Waals surface area contributed by atoms with Crippen LogP contribution in [0.3, 0.4) is 0 Å². The zero-order valence-electron chi connectivity index (χ0n) is 14.5. The average Bonchev–Trinajstić information content (AvgIpc) is 2.96. The first kappa shape index (κ1) is 18.7. The summed E-state index contributed by atoms with van der Waals surface area (Å²) in [6, 6.07) is 1.02. The van der Waals surface area contributed by atoms with Gasteiger partial charge in [-0.25, -0.2) is 0 Å². The Morgan fingerprint density at radius 1 is 1.44 bits per heavy atom. The highest BCUT2D eigenvalue weighted by atomic mass is 16.5.